The first-order valence-corrected chi connectivity index (χ1v) is 14.1. The predicted molar refractivity (Wildman–Crippen MR) is 133 cm³/mol. The van der Waals surface area contributed by atoms with E-state index >= 15 is 0 Å². The highest BCUT2D eigenvalue weighted by Gasteiger charge is 2.61. The van der Waals surface area contributed by atoms with Gasteiger partial charge in [0.2, 0.25) is 0 Å². The van der Waals surface area contributed by atoms with Gasteiger partial charge in [-0.1, -0.05) is 60.1 Å². The topological polar surface area (TPSA) is 20.2 Å². The summed E-state index contributed by atoms with van der Waals surface area (Å²) in [5.41, 5.74) is 1.08. The molecule has 4 fully saturated rings. The summed E-state index contributed by atoms with van der Waals surface area (Å²) in [7, 11) is 0. The highest BCUT2D eigenvalue weighted by atomic mass is 16.3. The molecule has 0 heterocycles. The highest BCUT2D eigenvalue weighted by molar-refractivity contribution is 5.12. The lowest BCUT2D eigenvalue weighted by atomic mass is 9.47. The molecule has 0 aliphatic heterocycles. The predicted octanol–water partition coefficient (Wildman–Crippen LogP) is 8.13. The molecule has 0 radical (unpaired) electrons. The van der Waals surface area contributed by atoms with Gasteiger partial charge < -0.3 is 5.11 Å². The van der Waals surface area contributed by atoms with Gasteiger partial charge in [-0.2, -0.15) is 0 Å². The summed E-state index contributed by atoms with van der Waals surface area (Å²) in [5.74, 6) is 7.40. The van der Waals surface area contributed by atoms with Crippen molar-refractivity contribution < 1.29 is 5.11 Å². The molecule has 0 amide bonds. The zero-order chi connectivity index (χ0) is 22.4. The van der Waals surface area contributed by atoms with Gasteiger partial charge >= 0.3 is 0 Å². The van der Waals surface area contributed by atoms with E-state index in [2.05, 4.69) is 53.7 Å². The largest absolute Gasteiger partial charge is 0.396 e. The van der Waals surface area contributed by atoms with Gasteiger partial charge in [0, 0.05) is 6.61 Å². The van der Waals surface area contributed by atoms with E-state index in [-0.39, 0.29) is 0 Å². The Morgan fingerprint density at radius 1 is 0.806 bits per heavy atom. The van der Waals surface area contributed by atoms with Gasteiger partial charge in [-0.15, -0.1) is 0 Å². The summed E-state index contributed by atoms with van der Waals surface area (Å²) in [5, 5.41) is 9.95. The number of rotatable bonds is 7. The first kappa shape index (κ1) is 23.8. The van der Waals surface area contributed by atoms with Crippen LogP contribution >= 0.6 is 0 Å². The molecule has 0 spiro atoms. The summed E-state index contributed by atoms with van der Waals surface area (Å²) in [6, 6.07) is 0. The Balaban J connectivity index is 1.48. The maximum atomic E-state index is 9.95. The fraction of sp³-hybridized carbons (Fsp3) is 0.933. The van der Waals surface area contributed by atoms with Crippen molar-refractivity contribution in [3.05, 3.63) is 12.2 Å². The van der Waals surface area contributed by atoms with Gasteiger partial charge in [0.15, 0.2) is 0 Å². The third-order valence-corrected chi connectivity index (χ3v) is 12.0. The summed E-state index contributed by atoms with van der Waals surface area (Å²) in [6.07, 6.45) is 19.1. The Morgan fingerprint density at radius 2 is 1.48 bits per heavy atom. The maximum Gasteiger partial charge on any atom is 0.0462 e. The molecule has 0 bridgehead atoms. The molecule has 1 N–H and O–H groups in total. The molecule has 0 aromatic rings. The molecule has 11 atom stereocenters. The molecule has 4 saturated carbocycles. The van der Waals surface area contributed by atoms with E-state index < -0.39 is 0 Å². The first-order chi connectivity index (χ1) is 14.8. The van der Waals surface area contributed by atoms with Crippen molar-refractivity contribution >= 4 is 0 Å². The quantitative estimate of drug-likeness (QED) is 0.406. The zero-order valence-electron chi connectivity index (χ0n) is 21.6. The Bertz CT molecular complexity index is 638. The van der Waals surface area contributed by atoms with Crippen LogP contribution in [0.1, 0.15) is 106 Å². The Morgan fingerprint density at radius 3 is 2.16 bits per heavy atom. The van der Waals surface area contributed by atoms with Crippen molar-refractivity contribution in [2.75, 3.05) is 6.61 Å². The van der Waals surface area contributed by atoms with Crippen molar-refractivity contribution in [2.24, 2.45) is 64.1 Å². The molecule has 0 saturated heterocycles. The van der Waals surface area contributed by atoms with E-state index in [1.54, 1.807) is 0 Å². The van der Waals surface area contributed by atoms with E-state index in [1.165, 1.54) is 64.2 Å². The number of aliphatic hydroxyl groups is 1. The molecule has 178 valence electrons. The smallest absolute Gasteiger partial charge is 0.0462 e. The Labute approximate surface area is 193 Å². The van der Waals surface area contributed by atoms with Crippen LogP contribution in [0.5, 0.6) is 0 Å². The molecule has 0 aromatic carbocycles. The molecule has 1 heteroatoms. The van der Waals surface area contributed by atoms with Crippen LogP contribution in [-0.2, 0) is 0 Å². The molecular formula is C30H52O. The molecule has 1 nitrogen and oxygen atoms in total. The lowest BCUT2D eigenvalue weighted by molar-refractivity contribution is -0.0956. The van der Waals surface area contributed by atoms with Gasteiger partial charge in [0.05, 0.1) is 0 Å². The van der Waals surface area contributed by atoms with Crippen molar-refractivity contribution in [1.29, 1.82) is 0 Å². The van der Waals surface area contributed by atoms with E-state index in [1.807, 2.05) is 0 Å². The van der Waals surface area contributed by atoms with Crippen molar-refractivity contribution in [3.63, 3.8) is 0 Å². The van der Waals surface area contributed by atoms with Crippen molar-refractivity contribution in [3.8, 4) is 0 Å². The first-order valence-electron chi connectivity index (χ1n) is 14.1. The highest BCUT2D eigenvalue weighted by Crippen LogP contribution is 2.69. The molecular weight excluding hydrogens is 376 g/mol. The number of allylic oxidation sites excluding steroid dienone is 2. The van der Waals surface area contributed by atoms with Gasteiger partial charge in [0.25, 0.3) is 0 Å². The molecule has 4 aliphatic rings. The van der Waals surface area contributed by atoms with E-state index in [0.717, 1.165) is 47.3 Å². The normalized spacial score (nSPS) is 47.6. The number of aliphatic hydroxyl groups excluding tert-OH is 1. The molecule has 4 aliphatic carbocycles. The van der Waals surface area contributed by atoms with Gasteiger partial charge in [-0.25, -0.2) is 0 Å². The lowest BCUT2D eigenvalue weighted by Gasteiger charge is -2.58. The van der Waals surface area contributed by atoms with Gasteiger partial charge in [-0.3, -0.25) is 0 Å². The van der Waals surface area contributed by atoms with Crippen LogP contribution in [0.25, 0.3) is 0 Å². The molecule has 11 unspecified atom stereocenters. The minimum absolute atomic E-state index is 0.431. The van der Waals surface area contributed by atoms with Crippen LogP contribution in [0.2, 0.25) is 0 Å². The average molecular weight is 429 g/mol. The molecule has 0 aromatic heterocycles. The summed E-state index contributed by atoms with van der Waals surface area (Å²) in [6.45, 7) is 15.4. The zero-order valence-corrected chi connectivity index (χ0v) is 21.6. The average Bonchev–Trinajstić information content (AvgIpc) is 3.30. The fourth-order valence-corrected chi connectivity index (χ4v) is 9.93. The summed E-state index contributed by atoms with van der Waals surface area (Å²) in [4.78, 5) is 0. The minimum Gasteiger partial charge on any atom is -0.396 e. The second kappa shape index (κ2) is 9.15. The fourth-order valence-electron chi connectivity index (χ4n) is 9.93. The van der Waals surface area contributed by atoms with E-state index in [0.29, 0.717) is 23.4 Å². The second-order valence-corrected chi connectivity index (χ2v) is 13.0. The van der Waals surface area contributed by atoms with Crippen LogP contribution < -0.4 is 0 Å². The van der Waals surface area contributed by atoms with Crippen LogP contribution in [0, 0.1) is 64.1 Å². The SMILES string of the molecule is CCC(C)C(C=CC(C)C1CCC2C3CCC4C(CO)CCC4(C)C3CCC12C)CC. The van der Waals surface area contributed by atoms with Gasteiger partial charge in [0.1, 0.15) is 0 Å². The molecule has 4 rings (SSSR count). The van der Waals surface area contributed by atoms with Crippen molar-refractivity contribution in [1.82, 2.24) is 0 Å². The van der Waals surface area contributed by atoms with Crippen LogP contribution in [0.4, 0.5) is 0 Å². The lowest BCUT2D eigenvalue weighted by Crippen LogP contribution is -2.51. The maximum absolute atomic E-state index is 9.95. The summed E-state index contributed by atoms with van der Waals surface area (Å²) >= 11 is 0. The monoisotopic (exact) mass is 428 g/mol. The number of hydrogen-bond acceptors (Lipinski definition) is 1. The third-order valence-electron chi connectivity index (χ3n) is 12.0. The van der Waals surface area contributed by atoms with E-state index in [4.69, 9.17) is 0 Å². The summed E-state index contributed by atoms with van der Waals surface area (Å²) < 4.78 is 0. The molecule has 31 heavy (non-hydrogen) atoms. The van der Waals surface area contributed by atoms with E-state index in [9.17, 15) is 5.11 Å². The van der Waals surface area contributed by atoms with Crippen LogP contribution in [-0.4, -0.2) is 11.7 Å². The Hall–Kier alpha value is -0.300. The minimum atomic E-state index is 0.431. The Kier molecular flexibility index (Phi) is 7.04. The third kappa shape index (κ3) is 3.87. The standard InChI is InChI=1S/C30H52O/c1-7-20(3)22(8-2)10-9-21(4)25-13-14-27-24-11-12-26-23(19-31)15-17-30(26,6)28(24)16-18-29(25,27)5/h9-10,20-28,31H,7-8,11-19H2,1-6H3. The number of hydrogen-bond donors (Lipinski definition) is 1. The van der Waals surface area contributed by atoms with Crippen LogP contribution in [0.15, 0.2) is 12.2 Å². The van der Waals surface area contributed by atoms with Crippen molar-refractivity contribution in [2.45, 2.75) is 106 Å². The van der Waals surface area contributed by atoms with Gasteiger partial charge in [-0.05, 0) is 122 Å². The number of fused-ring (bicyclic) bond motifs is 5. The second-order valence-electron chi connectivity index (χ2n) is 13.0. The van der Waals surface area contributed by atoms with Crippen LogP contribution in [0.3, 0.4) is 0 Å².